The van der Waals surface area contributed by atoms with Gasteiger partial charge in [-0.3, -0.25) is 0 Å². The monoisotopic (exact) mass is 232 g/mol. The third-order valence-corrected chi connectivity index (χ3v) is 3.53. The molecule has 17 heavy (non-hydrogen) atoms. The van der Waals surface area contributed by atoms with Gasteiger partial charge in [-0.05, 0) is 44.4 Å². The van der Waals surface area contributed by atoms with E-state index in [-0.39, 0.29) is 0 Å². The molecule has 0 aromatic heterocycles. The van der Waals surface area contributed by atoms with Gasteiger partial charge in [-0.1, -0.05) is 24.6 Å². The van der Waals surface area contributed by atoms with Crippen molar-refractivity contribution in [1.82, 2.24) is 5.32 Å². The van der Waals surface area contributed by atoms with Gasteiger partial charge in [-0.2, -0.15) is 0 Å². The molecule has 1 heterocycles. The van der Waals surface area contributed by atoms with Crippen molar-refractivity contribution in [1.29, 1.82) is 0 Å². The first-order valence-corrected chi connectivity index (χ1v) is 6.61. The summed E-state index contributed by atoms with van der Waals surface area (Å²) in [5, 5.41) is 3.51. The summed E-state index contributed by atoms with van der Waals surface area (Å²) in [6.07, 6.45) is 0. The summed E-state index contributed by atoms with van der Waals surface area (Å²) in [5.74, 6) is 0.720. The second-order valence-corrected chi connectivity index (χ2v) is 5.50. The lowest BCUT2D eigenvalue weighted by molar-refractivity contribution is 0.563. The van der Waals surface area contributed by atoms with Crippen LogP contribution in [0.15, 0.2) is 12.1 Å². The van der Waals surface area contributed by atoms with Gasteiger partial charge in [0, 0.05) is 25.3 Å². The molecule has 0 spiro atoms. The fourth-order valence-electron chi connectivity index (χ4n) is 2.97. The highest BCUT2D eigenvalue weighted by Crippen LogP contribution is 2.27. The van der Waals surface area contributed by atoms with Gasteiger partial charge in [0.2, 0.25) is 0 Å². The maximum atomic E-state index is 3.51. The number of nitrogens with zero attached hydrogens (tertiary/aromatic N) is 1. The predicted molar refractivity (Wildman–Crippen MR) is 74.9 cm³/mol. The number of nitrogens with one attached hydrogen (secondary N) is 1. The minimum absolute atomic E-state index is 0.720. The highest BCUT2D eigenvalue weighted by molar-refractivity contribution is 5.60. The molecular formula is C15H24N2. The van der Waals surface area contributed by atoms with Crippen molar-refractivity contribution in [3.63, 3.8) is 0 Å². The molecule has 94 valence electrons. The molecule has 2 rings (SSSR count). The number of rotatable bonds is 1. The maximum Gasteiger partial charge on any atom is 0.0426 e. The van der Waals surface area contributed by atoms with Crippen LogP contribution in [-0.4, -0.2) is 26.2 Å². The Hall–Kier alpha value is -1.02. The van der Waals surface area contributed by atoms with Crippen LogP contribution in [0.2, 0.25) is 0 Å². The molecule has 2 nitrogen and oxygen atoms in total. The third kappa shape index (κ3) is 2.81. The summed E-state index contributed by atoms with van der Waals surface area (Å²) < 4.78 is 0. The average Bonchev–Trinajstić information content (AvgIpc) is 2.41. The Bertz CT molecular complexity index is 375. The highest BCUT2D eigenvalue weighted by Gasteiger charge is 2.17. The van der Waals surface area contributed by atoms with E-state index in [1.54, 1.807) is 0 Å². The van der Waals surface area contributed by atoms with Gasteiger partial charge < -0.3 is 10.2 Å². The van der Waals surface area contributed by atoms with E-state index >= 15 is 0 Å². The lowest BCUT2D eigenvalue weighted by Gasteiger charge is -2.28. The van der Waals surface area contributed by atoms with Crippen LogP contribution in [0.3, 0.4) is 0 Å². The van der Waals surface area contributed by atoms with Gasteiger partial charge in [-0.25, -0.2) is 0 Å². The van der Waals surface area contributed by atoms with Crippen LogP contribution in [0.4, 0.5) is 5.69 Å². The minimum Gasteiger partial charge on any atom is -0.370 e. The van der Waals surface area contributed by atoms with E-state index in [9.17, 15) is 0 Å². The Kier molecular flexibility index (Phi) is 3.72. The van der Waals surface area contributed by atoms with Crippen LogP contribution in [-0.2, 0) is 0 Å². The van der Waals surface area contributed by atoms with Gasteiger partial charge in [0.15, 0.2) is 0 Å². The largest absolute Gasteiger partial charge is 0.370 e. The average molecular weight is 232 g/mol. The zero-order chi connectivity index (χ0) is 12.4. The SMILES string of the molecule is Cc1cc(C)c(N2CCNCC(C)C2)c(C)c1. The number of anilines is 1. The summed E-state index contributed by atoms with van der Waals surface area (Å²) in [7, 11) is 0. The first kappa shape index (κ1) is 12.4. The molecule has 1 aromatic carbocycles. The molecule has 2 heteroatoms. The lowest BCUT2D eigenvalue weighted by atomic mass is 10.0. The van der Waals surface area contributed by atoms with Crippen molar-refractivity contribution >= 4 is 5.69 Å². The van der Waals surface area contributed by atoms with E-state index in [2.05, 4.69) is 50.0 Å². The summed E-state index contributed by atoms with van der Waals surface area (Å²) in [6, 6.07) is 4.59. The van der Waals surface area contributed by atoms with Crippen molar-refractivity contribution in [3.05, 3.63) is 28.8 Å². The molecule has 0 saturated carbocycles. The molecule has 1 N–H and O–H groups in total. The second-order valence-electron chi connectivity index (χ2n) is 5.50. The summed E-state index contributed by atoms with van der Waals surface area (Å²) >= 11 is 0. The maximum absolute atomic E-state index is 3.51. The molecule has 1 atom stereocenters. The number of aryl methyl sites for hydroxylation is 3. The first-order chi connectivity index (χ1) is 8.08. The van der Waals surface area contributed by atoms with Crippen LogP contribution in [0, 0.1) is 26.7 Å². The van der Waals surface area contributed by atoms with Crippen molar-refractivity contribution in [2.24, 2.45) is 5.92 Å². The van der Waals surface area contributed by atoms with Gasteiger partial charge in [0.1, 0.15) is 0 Å². The minimum atomic E-state index is 0.720. The quantitative estimate of drug-likeness (QED) is 0.801. The van der Waals surface area contributed by atoms with Crippen molar-refractivity contribution in [3.8, 4) is 0 Å². The predicted octanol–water partition coefficient (Wildman–Crippen LogP) is 2.66. The summed E-state index contributed by atoms with van der Waals surface area (Å²) in [4.78, 5) is 2.55. The molecule has 1 unspecified atom stereocenters. The Morgan fingerprint density at radius 1 is 1.18 bits per heavy atom. The Labute approximate surface area is 105 Å². The smallest absolute Gasteiger partial charge is 0.0426 e. The lowest BCUT2D eigenvalue weighted by Crippen LogP contribution is -2.30. The van der Waals surface area contributed by atoms with E-state index in [0.29, 0.717) is 0 Å². The van der Waals surface area contributed by atoms with Crippen molar-refractivity contribution < 1.29 is 0 Å². The summed E-state index contributed by atoms with van der Waals surface area (Å²) in [5.41, 5.74) is 5.64. The van der Waals surface area contributed by atoms with Gasteiger partial charge in [0.25, 0.3) is 0 Å². The number of hydrogen-bond donors (Lipinski definition) is 1. The molecule has 0 amide bonds. The molecule has 0 bridgehead atoms. The number of benzene rings is 1. The van der Waals surface area contributed by atoms with Crippen molar-refractivity contribution in [2.45, 2.75) is 27.7 Å². The molecular weight excluding hydrogens is 208 g/mol. The van der Waals surface area contributed by atoms with Crippen LogP contribution in [0.1, 0.15) is 23.6 Å². The van der Waals surface area contributed by atoms with E-state index < -0.39 is 0 Å². The topological polar surface area (TPSA) is 15.3 Å². The van der Waals surface area contributed by atoms with Crippen LogP contribution >= 0.6 is 0 Å². The molecule has 1 aliphatic heterocycles. The van der Waals surface area contributed by atoms with Crippen molar-refractivity contribution in [2.75, 3.05) is 31.1 Å². The normalized spacial score (nSPS) is 21.4. The van der Waals surface area contributed by atoms with Gasteiger partial charge in [0.05, 0.1) is 0 Å². The summed E-state index contributed by atoms with van der Waals surface area (Å²) in [6.45, 7) is 13.5. The molecule has 0 aliphatic carbocycles. The Morgan fingerprint density at radius 3 is 2.47 bits per heavy atom. The van der Waals surface area contributed by atoms with E-state index in [4.69, 9.17) is 0 Å². The van der Waals surface area contributed by atoms with Crippen LogP contribution in [0.25, 0.3) is 0 Å². The highest BCUT2D eigenvalue weighted by atomic mass is 15.2. The molecule has 1 aromatic rings. The molecule has 1 fully saturated rings. The molecule has 1 saturated heterocycles. The third-order valence-electron chi connectivity index (χ3n) is 3.53. The number of hydrogen-bond acceptors (Lipinski definition) is 2. The van der Waals surface area contributed by atoms with Crippen LogP contribution in [0.5, 0.6) is 0 Å². The van der Waals surface area contributed by atoms with E-state index in [1.165, 1.54) is 22.4 Å². The standard InChI is InChI=1S/C15H24N2/c1-11-7-13(3)15(14(4)8-11)17-6-5-16-9-12(2)10-17/h7-8,12,16H,5-6,9-10H2,1-4H3. The Morgan fingerprint density at radius 2 is 1.82 bits per heavy atom. The zero-order valence-electron chi connectivity index (χ0n) is 11.5. The molecule has 0 radical (unpaired) electrons. The Balaban J connectivity index is 2.32. The second kappa shape index (κ2) is 5.09. The van der Waals surface area contributed by atoms with Crippen LogP contribution < -0.4 is 10.2 Å². The fourth-order valence-corrected chi connectivity index (χ4v) is 2.97. The molecule has 1 aliphatic rings. The van der Waals surface area contributed by atoms with Gasteiger partial charge >= 0.3 is 0 Å². The fraction of sp³-hybridized carbons (Fsp3) is 0.600. The van der Waals surface area contributed by atoms with E-state index in [1.807, 2.05) is 0 Å². The van der Waals surface area contributed by atoms with E-state index in [0.717, 1.165) is 32.1 Å². The van der Waals surface area contributed by atoms with Gasteiger partial charge in [-0.15, -0.1) is 0 Å². The zero-order valence-corrected chi connectivity index (χ0v) is 11.5. The first-order valence-electron chi connectivity index (χ1n) is 6.61.